The van der Waals surface area contributed by atoms with Gasteiger partial charge in [-0.1, -0.05) is 6.92 Å². The Labute approximate surface area is 119 Å². The summed E-state index contributed by atoms with van der Waals surface area (Å²) in [7, 11) is 0. The third-order valence-corrected chi connectivity index (χ3v) is 5.82. The van der Waals surface area contributed by atoms with E-state index in [4.69, 9.17) is 5.73 Å². The van der Waals surface area contributed by atoms with E-state index in [1.165, 1.54) is 45.3 Å². The Kier molecular flexibility index (Phi) is 4.91. The van der Waals surface area contributed by atoms with Gasteiger partial charge in [0.25, 0.3) is 0 Å². The quantitative estimate of drug-likeness (QED) is 0.852. The Morgan fingerprint density at radius 3 is 2.32 bits per heavy atom. The topological polar surface area (TPSA) is 32.5 Å². The van der Waals surface area contributed by atoms with Crippen LogP contribution >= 0.6 is 0 Å². The molecule has 2 N–H and O–H groups in total. The number of likely N-dealkylation sites (tertiary alicyclic amines) is 2. The van der Waals surface area contributed by atoms with E-state index in [1.54, 1.807) is 0 Å². The van der Waals surface area contributed by atoms with Crippen LogP contribution in [0.5, 0.6) is 0 Å². The van der Waals surface area contributed by atoms with Crippen LogP contribution in [-0.4, -0.2) is 53.6 Å². The minimum atomic E-state index is 0.277. The number of hydrogen-bond donors (Lipinski definition) is 1. The number of nitrogens with two attached hydrogens (primary N) is 1. The van der Waals surface area contributed by atoms with Gasteiger partial charge >= 0.3 is 0 Å². The molecule has 2 atom stereocenters. The largest absolute Gasteiger partial charge is 0.329 e. The van der Waals surface area contributed by atoms with Crippen LogP contribution in [0.3, 0.4) is 0 Å². The van der Waals surface area contributed by atoms with Gasteiger partial charge in [0.05, 0.1) is 0 Å². The molecule has 2 aliphatic rings. The van der Waals surface area contributed by atoms with E-state index in [2.05, 4.69) is 37.5 Å². The van der Waals surface area contributed by atoms with Crippen molar-refractivity contribution in [3.05, 3.63) is 0 Å². The second kappa shape index (κ2) is 6.11. The summed E-state index contributed by atoms with van der Waals surface area (Å²) in [6.45, 7) is 13.9. The number of piperidine rings is 2. The third-order valence-electron chi connectivity index (χ3n) is 5.82. The molecule has 0 aliphatic carbocycles. The van der Waals surface area contributed by atoms with Gasteiger partial charge in [0.2, 0.25) is 0 Å². The van der Waals surface area contributed by atoms with E-state index in [0.29, 0.717) is 12.1 Å². The van der Waals surface area contributed by atoms with Crippen molar-refractivity contribution in [3.63, 3.8) is 0 Å². The fourth-order valence-electron chi connectivity index (χ4n) is 4.07. The molecular weight excluding hydrogens is 234 g/mol. The molecule has 3 nitrogen and oxygen atoms in total. The average molecular weight is 267 g/mol. The Morgan fingerprint density at radius 2 is 1.79 bits per heavy atom. The maximum absolute atomic E-state index is 6.24. The molecule has 0 spiro atoms. The average Bonchev–Trinajstić information content (AvgIpc) is 2.42. The van der Waals surface area contributed by atoms with Crippen molar-refractivity contribution in [3.8, 4) is 0 Å². The molecule has 2 unspecified atom stereocenters. The second-order valence-corrected chi connectivity index (χ2v) is 7.11. The van der Waals surface area contributed by atoms with Crippen LogP contribution in [-0.2, 0) is 0 Å². The number of nitrogens with zero attached hydrogens (tertiary/aromatic N) is 2. The summed E-state index contributed by atoms with van der Waals surface area (Å²) in [5, 5.41) is 0. The highest BCUT2D eigenvalue weighted by atomic mass is 15.3. The summed E-state index contributed by atoms with van der Waals surface area (Å²) in [6, 6.07) is 1.37. The maximum Gasteiger partial charge on any atom is 0.0358 e. The Hall–Kier alpha value is -0.120. The van der Waals surface area contributed by atoms with Crippen LogP contribution in [0, 0.1) is 5.92 Å². The van der Waals surface area contributed by atoms with Gasteiger partial charge in [-0.2, -0.15) is 0 Å². The van der Waals surface area contributed by atoms with E-state index in [1.807, 2.05) is 0 Å². The molecule has 2 saturated heterocycles. The summed E-state index contributed by atoms with van der Waals surface area (Å²) < 4.78 is 0. The lowest BCUT2D eigenvalue weighted by molar-refractivity contribution is -0.0367. The maximum atomic E-state index is 6.24. The highest BCUT2D eigenvalue weighted by Gasteiger charge is 2.43. The molecule has 3 heteroatoms. The Morgan fingerprint density at radius 1 is 1.16 bits per heavy atom. The molecule has 0 aromatic carbocycles. The molecule has 0 saturated carbocycles. The monoisotopic (exact) mass is 267 g/mol. The van der Waals surface area contributed by atoms with E-state index in [9.17, 15) is 0 Å². The van der Waals surface area contributed by atoms with E-state index >= 15 is 0 Å². The number of hydrogen-bond acceptors (Lipinski definition) is 3. The predicted octanol–water partition coefficient (Wildman–Crippen LogP) is 2.31. The standard InChI is InChI=1S/C16H33N3/c1-13(2)18-10-7-16(12-17,8-11-18)19-9-5-6-14(3)15(19)4/h13-15H,5-12,17H2,1-4H3. The fraction of sp³-hybridized carbons (Fsp3) is 1.00. The van der Waals surface area contributed by atoms with Crippen molar-refractivity contribution in [2.45, 2.75) is 71.0 Å². The molecule has 19 heavy (non-hydrogen) atoms. The molecule has 2 fully saturated rings. The van der Waals surface area contributed by atoms with Gasteiger partial charge in [0.1, 0.15) is 0 Å². The smallest absolute Gasteiger partial charge is 0.0358 e. The van der Waals surface area contributed by atoms with E-state index in [-0.39, 0.29) is 5.54 Å². The van der Waals surface area contributed by atoms with Gasteiger partial charge in [-0.05, 0) is 58.9 Å². The zero-order chi connectivity index (χ0) is 14.0. The first-order valence-corrected chi connectivity index (χ1v) is 8.21. The zero-order valence-electron chi connectivity index (χ0n) is 13.4. The summed E-state index contributed by atoms with van der Waals surface area (Å²) in [5.41, 5.74) is 6.52. The van der Waals surface area contributed by atoms with Crippen molar-refractivity contribution in [2.24, 2.45) is 11.7 Å². The molecule has 2 aliphatic heterocycles. The molecular formula is C16H33N3. The highest BCUT2D eigenvalue weighted by Crippen LogP contribution is 2.35. The third kappa shape index (κ3) is 2.98. The van der Waals surface area contributed by atoms with E-state index in [0.717, 1.165) is 12.5 Å². The summed E-state index contributed by atoms with van der Waals surface area (Å²) >= 11 is 0. The van der Waals surface area contributed by atoms with Crippen molar-refractivity contribution in [1.29, 1.82) is 0 Å². The summed E-state index contributed by atoms with van der Waals surface area (Å²) in [4.78, 5) is 5.37. The first-order valence-electron chi connectivity index (χ1n) is 8.21. The van der Waals surface area contributed by atoms with Gasteiger partial charge in [0.15, 0.2) is 0 Å². The molecule has 0 aromatic rings. The normalized spacial score (nSPS) is 33.8. The lowest BCUT2D eigenvalue weighted by atomic mass is 9.80. The fourth-order valence-corrected chi connectivity index (χ4v) is 4.07. The van der Waals surface area contributed by atoms with Crippen LogP contribution in [0.1, 0.15) is 53.4 Å². The van der Waals surface area contributed by atoms with Crippen molar-refractivity contribution >= 4 is 0 Å². The van der Waals surface area contributed by atoms with Crippen molar-refractivity contribution in [2.75, 3.05) is 26.2 Å². The SMILES string of the molecule is CC1CCCN(C2(CN)CCN(C(C)C)CC2)C1C. The highest BCUT2D eigenvalue weighted by molar-refractivity contribution is 5.00. The van der Waals surface area contributed by atoms with Gasteiger partial charge in [0, 0.05) is 37.3 Å². The van der Waals surface area contributed by atoms with Crippen LogP contribution < -0.4 is 5.73 Å². The second-order valence-electron chi connectivity index (χ2n) is 7.11. The zero-order valence-corrected chi connectivity index (χ0v) is 13.4. The first-order chi connectivity index (χ1) is 9.00. The first kappa shape index (κ1) is 15.3. The number of rotatable bonds is 3. The lowest BCUT2D eigenvalue weighted by Gasteiger charge is -2.54. The van der Waals surface area contributed by atoms with Crippen LogP contribution in [0.25, 0.3) is 0 Å². The Balaban J connectivity index is 2.07. The minimum Gasteiger partial charge on any atom is -0.329 e. The van der Waals surface area contributed by atoms with Crippen molar-refractivity contribution < 1.29 is 0 Å². The molecule has 0 bridgehead atoms. The Bertz CT molecular complexity index is 282. The summed E-state index contributed by atoms with van der Waals surface area (Å²) in [5.74, 6) is 0.820. The molecule has 2 rings (SSSR count). The van der Waals surface area contributed by atoms with Gasteiger partial charge in [-0.25, -0.2) is 0 Å². The lowest BCUT2D eigenvalue weighted by Crippen LogP contribution is -2.64. The van der Waals surface area contributed by atoms with Crippen LogP contribution in [0.4, 0.5) is 0 Å². The molecule has 0 radical (unpaired) electrons. The van der Waals surface area contributed by atoms with Crippen LogP contribution in [0.15, 0.2) is 0 Å². The minimum absolute atomic E-state index is 0.277. The summed E-state index contributed by atoms with van der Waals surface area (Å²) in [6.07, 6.45) is 5.23. The van der Waals surface area contributed by atoms with Gasteiger partial charge in [-0.3, -0.25) is 4.90 Å². The molecule has 112 valence electrons. The van der Waals surface area contributed by atoms with Gasteiger partial charge in [-0.15, -0.1) is 0 Å². The van der Waals surface area contributed by atoms with Crippen molar-refractivity contribution in [1.82, 2.24) is 9.80 Å². The molecule has 0 amide bonds. The van der Waals surface area contributed by atoms with E-state index < -0.39 is 0 Å². The van der Waals surface area contributed by atoms with Gasteiger partial charge < -0.3 is 10.6 Å². The predicted molar refractivity (Wildman–Crippen MR) is 82.3 cm³/mol. The molecule has 2 heterocycles. The van der Waals surface area contributed by atoms with Crippen LogP contribution in [0.2, 0.25) is 0 Å². The molecule has 0 aromatic heterocycles.